The number of hydrogen-bond acceptors (Lipinski definition) is 5. The number of nitrogens with zero attached hydrogens (tertiary/aromatic N) is 1. The molecule has 1 atom stereocenters. The number of rotatable bonds is 6. The van der Waals surface area contributed by atoms with Crippen LogP contribution >= 0.6 is 0 Å². The van der Waals surface area contributed by atoms with Crippen LogP contribution in [0.3, 0.4) is 0 Å². The molecule has 1 N–H and O–H groups in total. The molecule has 0 saturated carbocycles. The van der Waals surface area contributed by atoms with Gasteiger partial charge in [0.25, 0.3) is 5.91 Å². The highest BCUT2D eigenvalue weighted by Crippen LogP contribution is 2.23. The Kier molecular flexibility index (Phi) is 5.06. The Labute approximate surface area is 128 Å². The highest BCUT2D eigenvalue weighted by molar-refractivity contribution is 6.22. The quantitative estimate of drug-likeness (QED) is 0.486. The zero-order valence-corrected chi connectivity index (χ0v) is 12.4. The van der Waals surface area contributed by atoms with Crippen LogP contribution in [-0.2, 0) is 14.3 Å². The molecule has 1 aliphatic heterocycles. The van der Waals surface area contributed by atoms with Gasteiger partial charge in [-0.2, -0.15) is 0 Å². The maximum Gasteiger partial charge on any atom is 0.338 e. The molecule has 1 saturated heterocycles. The Morgan fingerprint density at radius 2 is 2.09 bits per heavy atom. The van der Waals surface area contributed by atoms with Gasteiger partial charge >= 0.3 is 5.97 Å². The van der Waals surface area contributed by atoms with Gasteiger partial charge in [-0.05, 0) is 31.2 Å². The van der Waals surface area contributed by atoms with Gasteiger partial charge in [0.2, 0.25) is 5.91 Å². The first-order valence-electron chi connectivity index (χ1n) is 7.06. The summed E-state index contributed by atoms with van der Waals surface area (Å²) in [6, 6.07) is 5.68. The van der Waals surface area contributed by atoms with Crippen LogP contribution in [0, 0.1) is 0 Å². The molecule has 2 rings (SSSR count). The first-order chi connectivity index (χ1) is 10.6. The fourth-order valence-corrected chi connectivity index (χ4v) is 2.25. The monoisotopic (exact) mass is 302 g/mol. The summed E-state index contributed by atoms with van der Waals surface area (Å²) in [5.41, 5.74) is 0.831. The predicted molar refractivity (Wildman–Crippen MR) is 81.5 cm³/mol. The molecule has 0 radical (unpaired) electrons. The van der Waals surface area contributed by atoms with Crippen molar-refractivity contribution in [1.82, 2.24) is 5.32 Å². The molecule has 0 aromatic heterocycles. The van der Waals surface area contributed by atoms with Crippen LogP contribution in [0.25, 0.3) is 0 Å². The lowest BCUT2D eigenvalue weighted by molar-refractivity contribution is -0.121. The Bertz CT molecular complexity index is 595. The number of amides is 2. The minimum atomic E-state index is -0.532. The third kappa shape index (κ3) is 3.23. The molecule has 116 valence electrons. The highest BCUT2D eigenvalue weighted by atomic mass is 16.5. The van der Waals surface area contributed by atoms with Crippen LogP contribution < -0.4 is 10.2 Å². The van der Waals surface area contributed by atoms with Gasteiger partial charge in [-0.25, -0.2) is 9.69 Å². The van der Waals surface area contributed by atoms with Crippen molar-refractivity contribution in [3.63, 3.8) is 0 Å². The van der Waals surface area contributed by atoms with Crippen molar-refractivity contribution in [3.05, 3.63) is 42.5 Å². The number of anilines is 1. The Morgan fingerprint density at radius 3 is 2.68 bits per heavy atom. The van der Waals surface area contributed by atoms with Crippen molar-refractivity contribution in [1.29, 1.82) is 0 Å². The van der Waals surface area contributed by atoms with Crippen LogP contribution in [0.1, 0.15) is 23.7 Å². The zero-order chi connectivity index (χ0) is 16.1. The minimum Gasteiger partial charge on any atom is -0.462 e. The zero-order valence-electron chi connectivity index (χ0n) is 12.4. The first-order valence-corrected chi connectivity index (χ1v) is 7.06. The van der Waals surface area contributed by atoms with Gasteiger partial charge in [-0.3, -0.25) is 9.59 Å². The SMILES string of the molecule is C=CCN[C@H]1CC(=O)N(c2ccc(C(=O)OCC)cc2)C1=O. The van der Waals surface area contributed by atoms with E-state index in [4.69, 9.17) is 4.74 Å². The molecule has 22 heavy (non-hydrogen) atoms. The number of benzene rings is 1. The van der Waals surface area contributed by atoms with Gasteiger partial charge in [0.15, 0.2) is 0 Å². The van der Waals surface area contributed by atoms with E-state index in [1.807, 2.05) is 0 Å². The topological polar surface area (TPSA) is 75.7 Å². The molecule has 6 heteroatoms. The van der Waals surface area contributed by atoms with Crippen molar-refractivity contribution in [2.24, 2.45) is 0 Å². The average molecular weight is 302 g/mol. The van der Waals surface area contributed by atoms with Gasteiger partial charge in [-0.1, -0.05) is 6.08 Å². The molecule has 0 aliphatic carbocycles. The number of esters is 1. The van der Waals surface area contributed by atoms with E-state index in [0.29, 0.717) is 24.4 Å². The maximum absolute atomic E-state index is 12.3. The van der Waals surface area contributed by atoms with Crippen molar-refractivity contribution in [2.75, 3.05) is 18.1 Å². The second-order valence-corrected chi connectivity index (χ2v) is 4.79. The molecule has 1 aromatic rings. The molecule has 6 nitrogen and oxygen atoms in total. The normalized spacial score (nSPS) is 17.7. The average Bonchev–Trinajstić information content (AvgIpc) is 2.80. The van der Waals surface area contributed by atoms with E-state index in [9.17, 15) is 14.4 Å². The fraction of sp³-hybridized carbons (Fsp3) is 0.312. The van der Waals surface area contributed by atoms with E-state index >= 15 is 0 Å². The van der Waals surface area contributed by atoms with E-state index in [1.54, 1.807) is 37.3 Å². The first kappa shape index (κ1) is 15.9. The lowest BCUT2D eigenvalue weighted by atomic mass is 10.2. The van der Waals surface area contributed by atoms with Crippen LogP contribution in [0.2, 0.25) is 0 Å². The Hall–Kier alpha value is -2.47. The number of nitrogens with one attached hydrogen (secondary N) is 1. The summed E-state index contributed by atoms with van der Waals surface area (Å²) < 4.78 is 4.89. The number of carbonyl (C=O) groups is 3. The molecule has 2 amide bonds. The molecule has 0 unspecified atom stereocenters. The predicted octanol–water partition coefficient (Wildman–Crippen LogP) is 1.27. The molecular weight excluding hydrogens is 284 g/mol. The van der Waals surface area contributed by atoms with Gasteiger partial charge < -0.3 is 10.1 Å². The number of imide groups is 1. The largest absolute Gasteiger partial charge is 0.462 e. The molecule has 1 heterocycles. The number of carbonyl (C=O) groups excluding carboxylic acids is 3. The van der Waals surface area contributed by atoms with E-state index in [0.717, 1.165) is 4.90 Å². The number of ether oxygens (including phenoxy) is 1. The van der Waals surface area contributed by atoms with Crippen molar-refractivity contribution >= 4 is 23.5 Å². The lowest BCUT2D eigenvalue weighted by Gasteiger charge is -2.15. The summed E-state index contributed by atoms with van der Waals surface area (Å²) in [5.74, 6) is -0.996. The molecule has 0 bridgehead atoms. The van der Waals surface area contributed by atoms with Crippen LogP contribution in [0.4, 0.5) is 5.69 Å². The van der Waals surface area contributed by atoms with Crippen LogP contribution in [0.15, 0.2) is 36.9 Å². The summed E-state index contributed by atoms with van der Waals surface area (Å²) in [5, 5.41) is 2.95. The van der Waals surface area contributed by atoms with E-state index in [2.05, 4.69) is 11.9 Å². The summed E-state index contributed by atoms with van der Waals surface area (Å²) in [6.45, 7) is 6.04. The summed E-state index contributed by atoms with van der Waals surface area (Å²) in [4.78, 5) is 37.0. The highest BCUT2D eigenvalue weighted by Gasteiger charge is 2.38. The van der Waals surface area contributed by atoms with Gasteiger partial charge in [0, 0.05) is 6.54 Å². The smallest absolute Gasteiger partial charge is 0.338 e. The third-order valence-corrected chi connectivity index (χ3v) is 3.29. The van der Waals surface area contributed by atoms with Crippen molar-refractivity contribution < 1.29 is 19.1 Å². The number of hydrogen-bond donors (Lipinski definition) is 1. The molecular formula is C16H18N2O4. The summed E-state index contributed by atoms with van der Waals surface area (Å²) >= 11 is 0. The molecule has 0 spiro atoms. The maximum atomic E-state index is 12.3. The van der Waals surface area contributed by atoms with Gasteiger partial charge in [-0.15, -0.1) is 6.58 Å². The Balaban J connectivity index is 2.14. The van der Waals surface area contributed by atoms with Crippen LogP contribution in [0.5, 0.6) is 0 Å². The van der Waals surface area contributed by atoms with Gasteiger partial charge in [0.1, 0.15) is 0 Å². The second-order valence-electron chi connectivity index (χ2n) is 4.79. The lowest BCUT2D eigenvalue weighted by Crippen LogP contribution is -2.38. The fourth-order valence-electron chi connectivity index (χ4n) is 2.25. The molecule has 1 aromatic carbocycles. The molecule has 1 aliphatic rings. The van der Waals surface area contributed by atoms with Gasteiger partial charge in [0.05, 0.1) is 30.3 Å². The third-order valence-electron chi connectivity index (χ3n) is 3.29. The second kappa shape index (κ2) is 7.00. The van der Waals surface area contributed by atoms with Crippen LogP contribution in [-0.4, -0.2) is 37.0 Å². The summed E-state index contributed by atoms with van der Waals surface area (Å²) in [7, 11) is 0. The van der Waals surface area contributed by atoms with Crippen molar-refractivity contribution in [2.45, 2.75) is 19.4 Å². The Morgan fingerprint density at radius 1 is 1.41 bits per heavy atom. The standard InChI is InChI=1S/C16H18N2O4/c1-3-9-17-13-10-14(19)18(15(13)20)12-7-5-11(6-8-12)16(21)22-4-2/h3,5-8,13,17H,1,4,9-10H2,2H3/t13-/m0/s1. The molecule has 1 fully saturated rings. The van der Waals surface area contributed by atoms with Crippen molar-refractivity contribution in [3.8, 4) is 0 Å². The van der Waals surface area contributed by atoms with E-state index in [-0.39, 0.29) is 18.2 Å². The minimum absolute atomic E-state index is 0.117. The van der Waals surface area contributed by atoms with E-state index in [1.165, 1.54) is 0 Å². The van der Waals surface area contributed by atoms with E-state index < -0.39 is 12.0 Å². The summed E-state index contributed by atoms with van der Waals surface area (Å²) in [6.07, 6.45) is 1.75.